The average Bonchev–Trinajstić information content (AvgIpc) is 2.42. The molecule has 1 fully saturated rings. The fourth-order valence-corrected chi connectivity index (χ4v) is 3.05. The minimum absolute atomic E-state index is 0.390. The number of nitrogens with two attached hydrogens (primary N) is 1. The standard InChI is InChI=1S/C15H24BrN3O/c1-11-9-14(16)15(19-10-11)18-7-2-8-20-13-5-3-12(17)4-6-13/h9-10,12-13H,2-8,17H2,1H3,(H,18,19). The third-order valence-corrected chi connectivity index (χ3v) is 4.27. The minimum atomic E-state index is 0.390. The van der Waals surface area contributed by atoms with Gasteiger partial charge in [0.15, 0.2) is 0 Å². The van der Waals surface area contributed by atoms with E-state index in [1.165, 1.54) is 0 Å². The average molecular weight is 342 g/mol. The summed E-state index contributed by atoms with van der Waals surface area (Å²) in [5.41, 5.74) is 7.04. The Bertz CT molecular complexity index is 420. The lowest BCUT2D eigenvalue weighted by molar-refractivity contribution is 0.0251. The summed E-state index contributed by atoms with van der Waals surface area (Å²) in [6.45, 7) is 3.71. The summed E-state index contributed by atoms with van der Waals surface area (Å²) < 4.78 is 6.90. The van der Waals surface area contributed by atoms with E-state index in [0.29, 0.717) is 12.1 Å². The molecule has 4 nitrogen and oxygen atoms in total. The molecule has 1 aromatic rings. The fraction of sp³-hybridized carbons (Fsp3) is 0.667. The zero-order valence-corrected chi connectivity index (χ0v) is 13.7. The van der Waals surface area contributed by atoms with Crippen LogP contribution < -0.4 is 11.1 Å². The Morgan fingerprint density at radius 3 is 2.85 bits per heavy atom. The van der Waals surface area contributed by atoms with Gasteiger partial charge in [-0.15, -0.1) is 0 Å². The maximum Gasteiger partial charge on any atom is 0.140 e. The molecule has 0 unspecified atom stereocenters. The fourth-order valence-electron chi connectivity index (χ4n) is 2.45. The Labute approximate surface area is 129 Å². The molecule has 0 bridgehead atoms. The molecule has 0 saturated heterocycles. The number of hydrogen-bond acceptors (Lipinski definition) is 4. The van der Waals surface area contributed by atoms with E-state index in [2.05, 4.69) is 32.3 Å². The molecule has 2 rings (SSSR count). The van der Waals surface area contributed by atoms with Gasteiger partial charge in [-0.05, 0) is 66.6 Å². The first kappa shape index (κ1) is 15.7. The van der Waals surface area contributed by atoms with E-state index in [1.54, 1.807) is 0 Å². The van der Waals surface area contributed by atoms with Crippen molar-refractivity contribution in [2.24, 2.45) is 5.73 Å². The maximum atomic E-state index is 5.89. The van der Waals surface area contributed by atoms with Crippen LogP contribution in [0.2, 0.25) is 0 Å². The number of nitrogens with zero attached hydrogens (tertiary/aromatic N) is 1. The van der Waals surface area contributed by atoms with Crippen LogP contribution >= 0.6 is 15.9 Å². The van der Waals surface area contributed by atoms with Crippen molar-refractivity contribution in [3.05, 3.63) is 22.3 Å². The number of aromatic nitrogens is 1. The molecule has 1 heterocycles. The SMILES string of the molecule is Cc1cnc(NCCCOC2CCC(N)CC2)c(Br)c1. The van der Waals surface area contributed by atoms with Gasteiger partial charge in [0.2, 0.25) is 0 Å². The predicted octanol–water partition coefficient (Wildman–Crippen LogP) is 3.24. The summed E-state index contributed by atoms with van der Waals surface area (Å²) >= 11 is 3.52. The molecule has 20 heavy (non-hydrogen) atoms. The van der Waals surface area contributed by atoms with Gasteiger partial charge < -0.3 is 15.8 Å². The molecule has 1 aromatic heterocycles. The van der Waals surface area contributed by atoms with Crippen molar-refractivity contribution < 1.29 is 4.74 Å². The van der Waals surface area contributed by atoms with Crippen LogP contribution in [0.1, 0.15) is 37.7 Å². The maximum absolute atomic E-state index is 5.89. The normalized spacial score (nSPS) is 22.8. The van der Waals surface area contributed by atoms with Crippen molar-refractivity contribution in [1.82, 2.24) is 4.98 Å². The van der Waals surface area contributed by atoms with E-state index in [0.717, 1.165) is 61.1 Å². The zero-order valence-electron chi connectivity index (χ0n) is 12.1. The van der Waals surface area contributed by atoms with Crippen molar-refractivity contribution in [2.75, 3.05) is 18.5 Å². The van der Waals surface area contributed by atoms with Crippen LogP contribution in [0, 0.1) is 6.92 Å². The summed E-state index contributed by atoms with van der Waals surface area (Å²) in [6.07, 6.45) is 7.70. The molecule has 3 N–H and O–H groups in total. The Kier molecular flexibility index (Phi) is 6.26. The molecule has 0 radical (unpaired) electrons. The van der Waals surface area contributed by atoms with Crippen LogP contribution in [0.4, 0.5) is 5.82 Å². The Morgan fingerprint density at radius 1 is 1.40 bits per heavy atom. The number of pyridine rings is 1. The lowest BCUT2D eigenvalue weighted by atomic mass is 9.94. The first-order valence-corrected chi connectivity index (χ1v) is 8.17. The number of ether oxygens (including phenoxy) is 1. The molecule has 0 atom stereocenters. The smallest absolute Gasteiger partial charge is 0.140 e. The van der Waals surface area contributed by atoms with E-state index in [4.69, 9.17) is 10.5 Å². The third kappa shape index (κ3) is 5.04. The molecule has 0 amide bonds. The van der Waals surface area contributed by atoms with Crippen molar-refractivity contribution in [3.8, 4) is 0 Å². The van der Waals surface area contributed by atoms with Gasteiger partial charge in [0.05, 0.1) is 10.6 Å². The molecular weight excluding hydrogens is 318 g/mol. The molecule has 0 aromatic carbocycles. The van der Waals surface area contributed by atoms with Crippen LogP contribution in [-0.2, 0) is 4.74 Å². The number of nitrogens with one attached hydrogen (secondary N) is 1. The highest BCUT2D eigenvalue weighted by Gasteiger charge is 2.18. The topological polar surface area (TPSA) is 60.2 Å². The van der Waals surface area contributed by atoms with Gasteiger partial charge >= 0.3 is 0 Å². The quantitative estimate of drug-likeness (QED) is 0.779. The van der Waals surface area contributed by atoms with E-state index >= 15 is 0 Å². The number of aryl methyl sites for hydroxylation is 1. The van der Waals surface area contributed by atoms with E-state index in [-0.39, 0.29) is 0 Å². The third-order valence-electron chi connectivity index (χ3n) is 3.66. The van der Waals surface area contributed by atoms with Gasteiger partial charge in [-0.2, -0.15) is 0 Å². The molecule has 1 saturated carbocycles. The summed E-state index contributed by atoms with van der Waals surface area (Å²) in [5.74, 6) is 0.902. The lowest BCUT2D eigenvalue weighted by Crippen LogP contribution is -2.30. The second kappa shape index (κ2) is 7.96. The number of halogens is 1. The van der Waals surface area contributed by atoms with Crippen LogP contribution in [-0.4, -0.2) is 30.3 Å². The molecule has 0 spiro atoms. The van der Waals surface area contributed by atoms with Crippen LogP contribution in [0.25, 0.3) is 0 Å². The number of anilines is 1. The number of rotatable bonds is 6. The van der Waals surface area contributed by atoms with Crippen molar-refractivity contribution >= 4 is 21.7 Å². The van der Waals surface area contributed by atoms with Gasteiger partial charge in [-0.1, -0.05) is 0 Å². The predicted molar refractivity (Wildman–Crippen MR) is 86.0 cm³/mol. The molecule has 0 aliphatic heterocycles. The highest BCUT2D eigenvalue weighted by molar-refractivity contribution is 9.10. The summed E-state index contributed by atoms with van der Waals surface area (Å²) in [5, 5.41) is 3.33. The van der Waals surface area contributed by atoms with Gasteiger partial charge in [0.25, 0.3) is 0 Å². The van der Waals surface area contributed by atoms with Gasteiger partial charge in [-0.25, -0.2) is 4.98 Å². The van der Waals surface area contributed by atoms with Gasteiger partial charge in [0.1, 0.15) is 5.82 Å². The lowest BCUT2D eigenvalue weighted by Gasteiger charge is -2.26. The molecule has 5 heteroatoms. The molecular formula is C15H24BrN3O. The highest BCUT2D eigenvalue weighted by Crippen LogP contribution is 2.21. The van der Waals surface area contributed by atoms with Crippen molar-refractivity contribution in [1.29, 1.82) is 0 Å². The Balaban J connectivity index is 1.59. The summed E-state index contributed by atoms with van der Waals surface area (Å²) in [6, 6.07) is 2.46. The monoisotopic (exact) mass is 341 g/mol. The minimum Gasteiger partial charge on any atom is -0.378 e. The van der Waals surface area contributed by atoms with Gasteiger partial charge in [0, 0.05) is 25.4 Å². The van der Waals surface area contributed by atoms with Crippen molar-refractivity contribution in [2.45, 2.75) is 51.2 Å². The van der Waals surface area contributed by atoms with E-state index in [9.17, 15) is 0 Å². The zero-order chi connectivity index (χ0) is 14.4. The molecule has 112 valence electrons. The van der Waals surface area contributed by atoms with Crippen LogP contribution in [0.5, 0.6) is 0 Å². The van der Waals surface area contributed by atoms with E-state index < -0.39 is 0 Å². The summed E-state index contributed by atoms with van der Waals surface area (Å²) in [7, 11) is 0. The van der Waals surface area contributed by atoms with E-state index in [1.807, 2.05) is 13.1 Å². The molecule has 1 aliphatic rings. The highest BCUT2D eigenvalue weighted by atomic mass is 79.9. The number of hydrogen-bond donors (Lipinski definition) is 2. The second-order valence-electron chi connectivity index (χ2n) is 5.53. The van der Waals surface area contributed by atoms with Crippen molar-refractivity contribution in [3.63, 3.8) is 0 Å². The Hall–Kier alpha value is -0.650. The summed E-state index contributed by atoms with van der Waals surface area (Å²) in [4.78, 5) is 4.36. The van der Waals surface area contributed by atoms with Crippen LogP contribution in [0.3, 0.4) is 0 Å². The first-order valence-electron chi connectivity index (χ1n) is 7.38. The van der Waals surface area contributed by atoms with Gasteiger partial charge in [-0.3, -0.25) is 0 Å². The van der Waals surface area contributed by atoms with Crippen LogP contribution in [0.15, 0.2) is 16.7 Å². The first-order chi connectivity index (χ1) is 9.65. The Morgan fingerprint density at radius 2 is 2.15 bits per heavy atom. The second-order valence-corrected chi connectivity index (χ2v) is 6.39. The molecule has 1 aliphatic carbocycles. The largest absolute Gasteiger partial charge is 0.378 e.